The minimum atomic E-state index is -4.77. The number of rotatable bonds is 4. The van der Waals surface area contributed by atoms with Crippen LogP contribution in [0.3, 0.4) is 0 Å². The molecule has 1 N–H and O–H groups in total. The predicted molar refractivity (Wildman–Crippen MR) is 107 cm³/mol. The van der Waals surface area contributed by atoms with Gasteiger partial charge >= 0.3 is 6.18 Å². The van der Waals surface area contributed by atoms with Crippen molar-refractivity contribution in [2.75, 3.05) is 7.11 Å². The Morgan fingerprint density at radius 2 is 1.83 bits per heavy atom. The van der Waals surface area contributed by atoms with E-state index in [4.69, 9.17) is 4.74 Å². The standard InChI is InChI=1S/C20H20F3N3O3S/c1-19(2,3)14-10-30-18-24-9-13(17(28)26(14)18)16(27)25-15(20(21,22)23)11-5-7-12(29-4)8-6-11/h5-10,15H,1-4H3,(H,25,27). The van der Waals surface area contributed by atoms with Crippen LogP contribution < -0.4 is 15.6 Å². The SMILES string of the molecule is COc1ccc(C(NC(=O)c2cnc3scc(C(C)(C)C)n3c2=O)C(F)(F)F)cc1. The number of hydrogen-bond donors (Lipinski definition) is 1. The third-order valence-corrected chi connectivity index (χ3v) is 5.35. The number of carbonyl (C=O) groups excluding carboxylic acids is 1. The van der Waals surface area contributed by atoms with E-state index in [-0.39, 0.29) is 5.56 Å². The van der Waals surface area contributed by atoms with Crippen LogP contribution in [-0.4, -0.2) is 28.6 Å². The first-order valence-electron chi connectivity index (χ1n) is 8.94. The van der Waals surface area contributed by atoms with Crippen LogP contribution in [0.4, 0.5) is 13.2 Å². The largest absolute Gasteiger partial charge is 0.497 e. The number of hydrogen-bond acceptors (Lipinski definition) is 5. The summed E-state index contributed by atoms with van der Waals surface area (Å²) in [6.45, 7) is 5.66. The molecule has 6 nitrogen and oxygen atoms in total. The molecule has 0 radical (unpaired) electrons. The molecule has 0 aliphatic rings. The lowest BCUT2D eigenvalue weighted by atomic mass is 9.93. The van der Waals surface area contributed by atoms with Crippen molar-refractivity contribution in [3.05, 3.63) is 63.0 Å². The first kappa shape index (κ1) is 21.8. The Kier molecular flexibility index (Phi) is 5.64. The maximum atomic E-state index is 13.6. The van der Waals surface area contributed by atoms with E-state index in [2.05, 4.69) is 4.98 Å². The molecule has 1 amide bonds. The minimum absolute atomic E-state index is 0.184. The number of aromatic nitrogens is 2. The van der Waals surface area contributed by atoms with Gasteiger partial charge in [0.2, 0.25) is 0 Å². The molecule has 2 heterocycles. The average Bonchev–Trinajstić information content (AvgIpc) is 3.11. The normalized spacial score (nSPS) is 13.3. The monoisotopic (exact) mass is 439 g/mol. The second-order valence-electron chi connectivity index (χ2n) is 7.69. The van der Waals surface area contributed by atoms with E-state index in [1.165, 1.54) is 47.1 Å². The Bertz CT molecular complexity index is 1130. The van der Waals surface area contributed by atoms with Crippen molar-refractivity contribution in [1.82, 2.24) is 14.7 Å². The molecule has 0 saturated carbocycles. The molecule has 10 heteroatoms. The van der Waals surface area contributed by atoms with Crippen molar-refractivity contribution in [1.29, 1.82) is 0 Å². The van der Waals surface area contributed by atoms with Crippen LogP contribution in [0.15, 0.2) is 40.6 Å². The maximum Gasteiger partial charge on any atom is 0.412 e. The fourth-order valence-electron chi connectivity index (χ4n) is 2.92. The Labute approximate surface area is 174 Å². The van der Waals surface area contributed by atoms with Crippen molar-refractivity contribution in [2.45, 2.75) is 38.4 Å². The molecule has 30 heavy (non-hydrogen) atoms. The van der Waals surface area contributed by atoms with E-state index in [9.17, 15) is 22.8 Å². The highest BCUT2D eigenvalue weighted by atomic mass is 32.1. The quantitative estimate of drug-likeness (QED) is 0.665. The van der Waals surface area contributed by atoms with Crippen LogP contribution in [0.5, 0.6) is 5.75 Å². The summed E-state index contributed by atoms with van der Waals surface area (Å²) in [6, 6.07) is 2.86. The van der Waals surface area contributed by atoms with Crippen molar-refractivity contribution in [2.24, 2.45) is 0 Å². The molecule has 1 unspecified atom stereocenters. The molecule has 0 saturated heterocycles. The molecular formula is C20H20F3N3O3S. The molecular weight excluding hydrogens is 419 g/mol. The second kappa shape index (κ2) is 7.75. The van der Waals surface area contributed by atoms with Gasteiger partial charge in [0, 0.05) is 22.7 Å². The van der Waals surface area contributed by atoms with E-state index < -0.39 is 34.7 Å². The molecule has 0 aliphatic carbocycles. The molecule has 2 aromatic heterocycles. The van der Waals surface area contributed by atoms with Gasteiger partial charge in [-0.15, -0.1) is 11.3 Å². The van der Waals surface area contributed by atoms with Gasteiger partial charge in [0.25, 0.3) is 11.5 Å². The van der Waals surface area contributed by atoms with Crippen LogP contribution in [0.2, 0.25) is 0 Å². The minimum Gasteiger partial charge on any atom is -0.497 e. The molecule has 1 atom stereocenters. The van der Waals surface area contributed by atoms with E-state index in [0.29, 0.717) is 16.4 Å². The van der Waals surface area contributed by atoms with Gasteiger partial charge in [0.1, 0.15) is 11.3 Å². The zero-order chi connectivity index (χ0) is 22.3. The lowest BCUT2D eigenvalue weighted by Gasteiger charge is -2.22. The van der Waals surface area contributed by atoms with Gasteiger partial charge in [-0.1, -0.05) is 32.9 Å². The number of benzene rings is 1. The topological polar surface area (TPSA) is 72.7 Å². The van der Waals surface area contributed by atoms with Gasteiger partial charge in [0.05, 0.1) is 7.11 Å². The highest BCUT2D eigenvalue weighted by molar-refractivity contribution is 7.15. The smallest absolute Gasteiger partial charge is 0.412 e. The van der Waals surface area contributed by atoms with Crippen molar-refractivity contribution in [3.8, 4) is 5.75 Å². The highest BCUT2D eigenvalue weighted by Gasteiger charge is 2.42. The van der Waals surface area contributed by atoms with Gasteiger partial charge < -0.3 is 10.1 Å². The van der Waals surface area contributed by atoms with Crippen LogP contribution in [0.1, 0.15) is 48.4 Å². The van der Waals surface area contributed by atoms with Crippen molar-refractivity contribution in [3.63, 3.8) is 0 Å². The lowest BCUT2D eigenvalue weighted by molar-refractivity contribution is -0.155. The van der Waals surface area contributed by atoms with E-state index >= 15 is 0 Å². The number of halogens is 3. The molecule has 160 valence electrons. The Morgan fingerprint density at radius 3 is 2.37 bits per heavy atom. The number of ether oxygens (including phenoxy) is 1. The van der Waals surface area contributed by atoms with E-state index in [1.807, 2.05) is 26.1 Å². The van der Waals surface area contributed by atoms with E-state index in [0.717, 1.165) is 6.20 Å². The first-order valence-corrected chi connectivity index (χ1v) is 9.82. The first-order chi connectivity index (χ1) is 13.9. The fourth-order valence-corrected chi connectivity index (χ4v) is 4.00. The molecule has 3 aromatic rings. The number of amides is 1. The number of thiazole rings is 1. The zero-order valence-corrected chi connectivity index (χ0v) is 17.5. The van der Waals surface area contributed by atoms with Crippen molar-refractivity contribution < 1.29 is 22.7 Å². The summed E-state index contributed by atoms with van der Waals surface area (Å²) in [5, 5.41) is 3.68. The zero-order valence-electron chi connectivity index (χ0n) is 16.7. The number of carbonyl (C=O) groups is 1. The van der Waals surface area contributed by atoms with Crippen LogP contribution >= 0.6 is 11.3 Å². The molecule has 0 spiro atoms. The number of nitrogens with zero attached hydrogens (tertiary/aromatic N) is 2. The summed E-state index contributed by atoms with van der Waals surface area (Å²) in [5.41, 5.74) is -1.15. The summed E-state index contributed by atoms with van der Waals surface area (Å²) in [4.78, 5) is 30.0. The summed E-state index contributed by atoms with van der Waals surface area (Å²) in [6.07, 6.45) is -3.76. The van der Waals surface area contributed by atoms with Gasteiger partial charge in [-0.3, -0.25) is 14.0 Å². The number of alkyl halides is 3. The molecule has 0 aliphatic heterocycles. The van der Waals surface area contributed by atoms with Crippen molar-refractivity contribution >= 4 is 22.2 Å². The van der Waals surface area contributed by atoms with E-state index in [1.54, 1.807) is 5.38 Å². The van der Waals surface area contributed by atoms with Gasteiger partial charge in [-0.05, 0) is 17.7 Å². The highest BCUT2D eigenvalue weighted by Crippen LogP contribution is 2.33. The summed E-state index contributed by atoms with van der Waals surface area (Å²) in [7, 11) is 1.39. The molecule has 3 rings (SSSR count). The second-order valence-corrected chi connectivity index (χ2v) is 8.52. The van der Waals surface area contributed by atoms with Crippen LogP contribution in [-0.2, 0) is 5.41 Å². The van der Waals surface area contributed by atoms with Gasteiger partial charge in [-0.2, -0.15) is 13.2 Å². The summed E-state index contributed by atoms with van der Waals surface area (Å²) < 4.78 is 47.2. The third-order valence-electron chi connectivity index (χ3n) is 4.51. The number of nitrogens with one attached hydrogen (secondary N) is 1. The Hall–Kier alpha value is -2.88. The molecule has 0 fully saturated rings. The molecule has 0 bridgehead atoms. The van der Waals surface area contributed by atoms with Crippen LogP contribution in [0.25, 0.3) is 4.96 Å². The maximum absolute atomic E-state index is 13.6. The van der Waals surface area contributed by atoms with Gasteiger partial charge in [-0.25, -0.2) is 4.98 Å². The molecule has 1 aromatic carbocycles. The average molecular weight is 439 g/mol. The summed E-state index contributed by atoms with van der Waals surface area (Å²) >= 11 is 1.22. The number of methoxy groups -OCH3 is 1. The lowest BCUT2D eigenvalue weighted by Crippen LogP contribution is -2.40. The Balaban J connectivity index is 2.01. The van der Waals surface area contributed by atoms with Gasteiger partial charge in [0.15, 0.2) is 11.0 Å². The Morgan fingerprint density at radius 1 is 1.20 bits per heavy atom. The third kappa shape index (κ3) is 4.18. The van der Waals surface area contributed by atoms with Crippen LogP contribution in [0, 0.1) is 0 Å². The number of fused-ring (bicyclic) bond motifs is 1. The predicted octanol–water partition coefficient (Wildman–Crippen LogP) is 4.10. The fraction of sp³-hybridized carbons (Fsp3) is 0.350. The summed E-state index contributed by atoms with van der Waals surface area (Å²) in [5.74, 6) is -0.767.